The molecular formula is C23H22BrN3O4. The van der Waals surface area contributed by atoms with Gasteiger partial charge in [0.2, 0.25) is 5.91 Å². The Kier molecular flexibility index (Phi) is 5.91. The molecule has 0 bridgehead atoms. The van der Waals surface area contributed by atoms with Crippen molar-refractivity contribution in [2.75, 3.05) is 25.0 Å². The molecular weight excluding hydrogens is 462 g/mol. The fourth-order valence-electron chi connectivity index (χ4n) is 3.99. The topological polar surface area (TPSA) is 86.8 Å². The van der Waals surface area contributed by atoms with Crippen LogP contribution < -0.4 is 5.32 Å². The predicted octanol–water partition coefficient (Wildman–Crippen LogP) is 3.62. The molecule has 1 N–H and O–H groups in total. The number of carbonyl (C=O) groups is 4. The van der Waals surface area contributed by atoms with E-state index in [1.807, 2.05) is 4.90 Å². The molecule has 0 aliphatic carbocycles. The molecule has 31 heavy (non-hydrogen) atoms. The average molecular weight is 484 g/mol. The van der Waals surface area contributed by atoms with Gasteiger partial charge < -0.3 is 10.2 Å². The van der Waals surface area contributed by atoms with Crippen molar-refractivity contribution in [3.63, 3.8) is 0 Å². The van der Waals surface area contributed by atoms with Crippen LogP contribution in [0.4, 0.5) is 5.69 Å². The number of likely N-dealkylation sites (tertiary alicyclic amines) is 1. The van der Waals surface area contributed by atoms with Gasteiger partial charge in [-0.2, -0.15) is 0 Å². The predicted molar refractivity (Wildman–Crippen MR) is 119 cm³/mol. The number of fused-ring (bicyclic) bond motifs is 1. The number of anilines is 1. The summed E-state index contributed by atoms with van der Waals surface area (Å²) in [5.74, 6) is -1.15. The van der Waals surface area contributed by atoms with E-state index < -0.39 is 11.8 Å². The lowest BCUT2D eigenvalue weighted by Gasteiger charge is -2.18. The van der Waals surface area contributed by atoms with Crippen molar-refractivity contribution >= 4 is 45.2 Å². The Labute approximate surface area is 188 Å². The number of hydrogen-bond donors (Lipinski definition) is 1. The van der Waals surface area contributed by atoms with Gasteiger partial charge in [0.05, 0.1) is 11.1 Å². The minimum absolute atomic E-state index is 0.0127. The van der Waals surface area contributed by atoms with Crippen LogP contribution in [0.25, 0.3) is 0 Å². The van der Waals surface area contributed by atoms with Crippen LogP contribution in [0.1, 0.15) is 55.9 Å². The Morgan fingerprint density at radius 1 is 1.03 bits per heavy atom. The molecule has 1 fully saturated rings. The number of amides is 4. The molecule has 7 nitrogen and oxygen atoms in total. The summed E-state index contributed by atoms with van der Waals surface area (Å²) in [6.07, 6.45) is 1.99. The van der Waals surface area contributed by atoms with E-state index in [0.29, 0.717) is 32.4 Å². The Hall–Kier alpha value is -3.00. The van der Waals surface area contributed by atoms with Crippen molar-refractivity contribution in [3.8, 4) is 0 Å². The zero-order chi connectivity index (χ0) is 22.1. The summed E-state index contributed by atoms with van der Waals surface area (Å²) in [7, 11) is 0. The van der Waals surface area contributed by atoms with Crippen molar-refractivity contribution in [1.82, 2.24) is 9.80 Å². The molecule has 2 aliphatic rings. The third-order valence-electron chi connectivity index (χ3n) is 5.73. The van der Waals surface area contributed by atoms with Gasteiger partial charge in [0.15, 0.2) is 0 Å². The highest BCUT2D eigenvalue weighted by Crippen LogP contribution is 2.26. The smallest absolute Gasteiger partial charge is 0.261 e. The average Bonchev–Trinajstić information content (AvgIpc) is 3.36. The highest BCUT2D eigenvalue weighted by Gasteiger charge is 2.35. The Bertz CT molecular complexity index is 1090. The second-order valence-electron chi connectivity index (χ2n) is 7.73. The number of nitrogens with zero attached hydrogens (tertiary/aromatic N) is 2. The molecule has 160 valence electrons. The number of imide groups is 1. The van der Waals surface area contributed by atoms with Gasteiger partial charge in [-0.25, -0.2) is 0 Å². The Morgan fingerprint density at radius 3 is 2.48 bits per heavy atom. The van der Waals surface area contributed by atoms with Gasteiger partial charge in [0.1, 0.15) is 0 Å². The van der Waals surface area contributed by atoms with Gasteiger partial charge in [0.25, 0.3) is 17.7 Å². The largest absolute Gasteiger partial charge is 0.339 e. The van der Waals surface area contributed by atoms with E-state index in [1.165, 1.54) is 0 Å². The van der Waals surface area contributed by atoms with Crippen molar-refractivity contribution in [3.05, 3.63) is 63.1 Å². The summed E-state index contributed by atoms with van der Waals surface area (Å²) < 4.78 is 0.714. The Morgan fingerprint density at radius 2 is 1.74 bits per heavy atom. The van der Waals surface area contributed by atoms with Crippen LogP contribution in [0.5, 0.6) is 0 Å². The van der Waals surface area contributed by atoms with E-state index in [9.17, 15) is 19.2 Å². The minimum Gasteiger partial charge on any atom is -0.339 e. The van der Waals surface area contributed by atoms with E-state index in [0.717, 1.165) is 30.8 Å². The molecule has 2 heterocycles. The molecule has 2 aliphatic heterocycles. The van der Waals surface area contributed by atoms with Crippen LogP contribution in [0.2, 0.25) is 0 Å². The lowest BCUT2D eigenvalue weighted by atomic mass is 10.1. The van der Waals surface area contributed by atoms with Crippen LogP contribution in [-0.2, 0) is 4.79 Å². The van der Waals surface area contributed by atoms with Crippen LogP contribution >= 0.6 is 15.9 Å². The van der Waals surface area contributed by atoms with Crippen molar-refractivity contribution in [1.29, 1.82) is 0 Å². The molecule has 0 unspecified atom stereocenters. The molecule has 4 rings (SSSR count). The van der Waals surface area contributed by atoms with Gasteiger partial charge in [-0.15, -0.1) is 0 Å². The third kappa shape index (κ3) is 4.12. The fourth-order valence-corrected chi connectivity index (χ4v) is 4.35. The van der Waals surface area contributed by atoms with Crippen LogP contribution in [0.3, 0.4) is 0 Å². The minimum atomic E-state index is -0.400. The summed E-state index contributed by atoms with van der Waals surface area (Å²) in [4.78, 5) is 53.2. The van der Waals surface area contributed by atoms with Crippen molar-refractivity contribution in [2.45, 2.75) is 26.2 Å². The second kappa shape index (κ2) is 8.63. The zero-order valence-corrected chi connectivity index (χ0v) is 18.7. The number of carbonyl (C=O) groups excluding carboxylic acids is 4. The molecule has 0 saturated carbocycles. The lowest BCUT2D eigenvalue weighted by Crippen LogP contribution is -2.33. The lowest BCUT2D eigenvalue weighted by molar-refractivity contribution is -0.116. The number of benzene rings is 2. The monoisotopic (exact) mass is 483 g/mol. The van der Waals surface area contributed by atoms with Crippen LogP contribution in [0.15, 0.2) is 40.9 Å². The van der Waals surface area contributed by atoms with Crippen molar-refractivity contribution in [2.24, 2.45) is 0 Å². The first-order valence-corrected chi connectivity index (χ1v) is 11.0. The first kappa shape index (κ1) is 21.2. The fraction of sp³-hybridized carbons (Fsp3) is 0.304. The van der Waals surface area contributed by atoms with E-state index in [4.69, 9.17) is 0 Å². The highest BCUT2D eigenvalue weighted by atomic mass is 79.9. The SMILES string of the molecule is Cc1c(NC(=O)CCN2C(=O)c3ccc(Br)cc3C2=O)cccc1C(=O)N1CCCC1. The third-order valence-corrected chi connectivity index (χ3v) is 6.22. The molecule has 0 aromatic heterocycles. The molecule has 2 aromatic carbocycles. The molecule has 0 atom stereocenters. The molecule has 2 aromatic rings. The standard InChI is InChI=1S/C23H22BrN3O4/c1-14-16(21(29)26-10-2-3-11-26)5-4-6-19(14)25-20(28)9-12-27-22(30)17-8-7-15(24)13-18(17)23(27)31/h4-8,13H,2-3,9-12H2,1H3,(H,25,28). The summed E-state index contributed by atoms with van der Waals surface area (Å²) >= 11 is 3.30. The quantitative estimate of drug-likeness (QED) is 0.657. The zero-order valence-electron chi connectivity index (χ0n) is 17.1. The maximum absolute atomic E-state index is 12.7. The van der Waals surface area contributed by atoms with Gasteiger partial charge in [-0.05, 0) is 55.7 Å². The van der Waals surface area contributed by atoms with Crippen molar-refractivity contribution < 1.29 is 19.2 Å². The first-order chi connectivity index (χ1) is 14.9. The first-order valence-electron chi connectivity index (χ1n) is 10.2. The maximum atomic E-state index is 12.7. The van der Waals surface area contributed by atoms with E-state index in [1.54, 1.807) is 43.3 Å². The molecule has 8 heteroatoms. The molecule has 4 amide bonds. The number of rotatable bonds is 5. The maximum Gasteiger partial charge on any atom is 0.261 e. The van der Waals surface area contributed by atoms with Gasteiger partial charge in [-0.1, -0.05) is 22.0 Å². The summed E-state index contributed by atoms with van der Waals surface area (Å²) in [5, 5.41) is 2.81. The number of nitrogens with one attached hydrogen (secondary N) is 1. The molecule has 0 spiro atoms. The van der Waals surface area contributed by atoms with Gasteiger partial charge in [0, 0.05) is 41.8 Å². The molecule has 0 radical (unpaired) electrons. The molecule has 1 saturated heterocycles. The summed E-state index contributed by atoms with van der Waals surface area (Å²) in [6.45, 7) is 3.31. The van der Waals surface area contributed by atoms with Crippen LogP contribution in [-0.4, -0.2) is 53.1 Å². The summed E-state index contributed by atoms with van der Waals surface area (Å²) in [6, 6.07) is 10.2. The van der Waals surface area contributed by atoms with E-state index >= 15 is 0 Å². The number of hydrogen-bond acceptors (Lipinski definition) is 4. The normalized spacial score (nSPS) is 15.4. The van der Waals surface area contributed by atoms with E-state index in [-0.39, 0.29) is 24.8 Å². The van der Waals surface area contributed by atoms with Gasteiger partial charge >= 0.3 is 0 Å². The number of halogens is 1. The second-order valence-corrected chi connectivity index (χ2v) is 8.64. The van der Waals surface area contributed by atoms with Gasteiger partial charge in [-0.3, -0.25) is 24.1 Å². The highest BCUT2D eigenvalue weighted by molar-refractivity contribution is 9.10. The van der Waals surface area contributed by atoms with E-state index in [2.05, 4.69) is 21.2 Å². The van der Waals surface area contributed by atoms with Crippen LogP contribution in [0, 0.1) is 6.92 Å². The summed E-state index contributed by atoms with van der Waals surface area (Å²) in [5.41, 5.74) is 2.52. The Balaban J connectivity index is 1.41.